The van der Waals surface area contributed by atoms with Crippen molar-refractivity contribution in [3.05, 3.63) is 48.0 Å². The van der Waals surface area contributed by atoms with Gasteiger partial charge in [0, 0.05) is 17.4 Å². The third kappa shape index (κ3) is 1.76. The van der Waals surface area contributed by atoms with Crippen LogP contribution >= 0.6 is 0 Å². The Balaban J connectivity index is 1.96. The van der Waals surface area contributed by atoms with Crippen molar-refractivity contribution in [2.45, 2.75) is 6.42 Å². The summed E-state index contributed by atoms with van der Waals surface area (Å²) in [5.74, 6) is -0.0181. The zero-order valence-corrected chi connectivity index (χ0v) is 9.30. The van der Waals surface area contributed by atoms with E-state index in [1.54, 1.807) is 0 Å². The van der Waals surface area contributed by atoms with E-state index in [4.69, 9.17) is 0 Å². The predicted molar refractivity (Wildman–Crippen MR) is 65.9 cm³/mol. The summed E-state index contributed by atoms with van der Waals surface area (Å²) in [5, 5.41) is 2.20. The van der Waals surface area contributed by atoms with E-state index in [9.17, 15) is 9.59 Å². The lowest BCUT2D eigenvalue weighted by atomic mass is 10.0. The third-order valence-corrected chi connectivity index (χ3v) is 3.39. The molecule has 1 fully saturated rings. The molecule has 0 spiro atoms. The smallest absolute Gasteiger partial charge is 0.166 e. The Bertz CT molecular complexity index is 601. The maximum absolute atomic E-state index is 12.1. The van der Waals surface area contributed by atoms with Crippen LogP contribution in [0.3, 0.4) is 0 Å². The first-order valence-electron chi connectivity index (χ1n) is 5.78. The fourth-order valence-electron chi connectivity index (χ4n) is 2.22. The van der Waals surface area contributed by atoms with Gasteiger partial charge >= 0.3 is 0 Å². The molecule has 0 radical (unpaired) electrons. The SMILES string of the molecule is O=C[C@H]1C[C@@H]1C(=O)c1ccc2ccccc2c1. The monoisotopic (exact) mass is 224 g/mol. The lowest BCUT2D eigenvalue weighted by Crippen LogP contribution is -2.03. The molecular weight excluding hydrogens is 212 g/mol. The molecule has 84 valence electrons. The van der Waals surface area contributed by atoms with Gasteiger partial charge in [0.25, 0.3) is 0 Å². The van der Waals surface area contributed by atoms with Crippen molar-refractivity contribution in [1.29, 1.82) is 0 Å². The number of hydrogen-bond acceptors (Lipinski definition) is 2. The van der Waals surface area contributed by atoms with Crippen molar-refractivity contribution in [2.75, 3.05) is 0 Å². The van der Waals surface area contributed by atoms with E-state index in [2.05, 4.69) is 0 Å². The van der Waals surface area contributed by atoms with Crippen LogP contribution in [0.1, 0.15) is 16.8 Å². The summed E-state index contributed by atoms with van der Waals surface area (Å²) in [6.45, 7) is 0. The van der Waals surface area contributed by atoms with Crippen LogP contribution in [0.2, 0.25) is 0 Å². The molecule has 2 nitrogen and oxygen atoms in total. The summed E-state index contributed by atoms with van der Waals surface area (Å²) < 4.78 is 0. The lowest BCUT2D eigenvalue weighted by molar-refractivity contribution is -0.109. The standard InChI is InChI=1S/C15H12O2/c16-9-13-8-14(13)15(17)12-6-5-10-3-1-2-4-11(10)7-12/h1-7,9,13-14H,8H2/t13-,14+/m1/s1. The van der Waals surface area contributed by atoms with Crippen LogP contribution in [0, 0.1) is 11.8 Å². The second-order valence-electron chi connectivity index (χ2n) is 4.57. The topological polar surface area (TPSA) is 34.1 Å². The van der Waals surface area contributed by atoms with Crippen LogP contribution in [-0.2, 0) is 4.79 Å². The van der Waals surface area contributed by atoms with Crippen molar-refractivity contribution in [2.24, 2.45) is 11.8 Å². The number of benzene rings is 2. The van der Waals surface area contributed by atoms with E-state index >= 15 is 0 Å². The van der Waals surface area contributed by atoms with Gasteiger partial charge < -0.3 is 4.79 Å². The molecule has 17 heavy (non-hydrogen) atoms. The maximum Gasteiger partial charge on any atom is 0.166 e. The molecule has 0 amide bonds. The second-order valence-corrected chi connectivity index (χ2v) is 4.57. The van der Waals surface area contributed by atoms with Gasteiger partial charge in [-0.2, -0.15) is 0 Å². The number of carbonyl (C=O) groups is 2. The largest absolute Gasteiger partial charge is 0.303 e. The van der Waals surface area contributed by atoms with Gasteiger partial charge in [-0.1, -0.05) is 36.4 Å². The lowest BCUT2D eigenvalue weighted by Gasteiger charge is -2.02. The Morgan fingerprint density at radius 1 is 1.12 bits per heavy atom. The first-order valence-corrected chi connectivity index (χ1v) is 5.78. The van der Waals surface area contributed by atoms with E-state index in [0.717, 1.165) is 29.0 Å². The molecule has 3 rings (SSSR count). The zero-order valence-electron chi connectivity index (χ0n) is 9.30. The number of Topliss-reactive ketones (excluding diaryl/α,β-unsaturated/α-hetero) is 1. The fourth-order valence-corrected chi connectivity index (χ4v) is 2.22. The number of ketones is 1. The Hall–Kier alpha value is -1.96. The first kappa shape index (κ1) is 10.2. The third-order valence-electron chi connectivity index (χ3n) is 3.39. The van der Waals surface area contributed by atoms with Crippen LogP contribution in [0.25, 0.3) is 10.8 Å². The molecule has 2 atom stereocenters. The molecule has 2 aromatic rings. The highest BCUT2D eigenvalue weighted by Crippen LogP contribution is 2.39. The molecule has 0 saturated heterocycles. The molecule has 0 aliphatic heterocycles. The summed E-state index contributed by atoms with van der Waals surface area (Å²) in [6.07, 6.45) is 1.61. The second kappa shape index (κ2) is 3.81. The summed E-state index contributed by atoms with van der Waals surface area (Å²) in [4.78, 5) is 22.6. The average molecular weight is 224 g/mol. The minimum absolute atomic E-state index is 0.0472. The van der Waals surface area contributed by atoms with Crippen molar-refractivity contribution in [3.63, 3.8) is 0 Å². The Morgan fingerprint density at radius 2 is 1.88 bits per heavy atom. The summed E-state index contributed by atoms with van der Waals surface area (Å²) in [6, 6.07) is 13.7. The maximum atomic E-state index is 12.1. The predicted octanol–water partition coefficient (Wildman–Crippen LogP) is 2.86. The van der Waals surface area contributed by atoms with Crippen LogP contribution in [-0.4, -0.2) is 12.1 Å². The molecule has 2 heteroatoms. The van der Waals surface area contributed by atoms with Gasteiger partial charge in [-0.25, -0.2) is 0 Å². The van der Waals surface area contributed by atoms with Crippen molar-refractivity contribution in [1.82, 2.24) is 0 Å². The van der Waals surface area contributed by atoms with Crippen molar-refractivity contribution >= 4 is 22.8 Å². The van der Waals surface area contributed by atoms with Crippen LogP contribution in [0.5, 0.6) is 0 Å². The number of rotatable bonds is 3. The van der Waals surface area contributed by atoms with Crippen LogP contribution in [0.15, 0.2) is 42.5 Å². The summed E-state index contributed by atoms with van der Waals surface area (Å²) in [5.41, 5.74) is 0.720. The highest BCUT2D eigenvalue weighted by atomic mass is 16.1. The average Bonchev–Trinajstić information content (AvgIpc) is 3.17. The molecule has 0 bridgehead atoms. The van der Waals surface area contributed by atoms with E-state index in [1.165, 1.54) is 0 Å². The number of hydrogen-bond donors (Lipinski definition) is 0. The van der Waals surface area contributed by atoms with E-state index in [0.29, 0.717) is 0 Å². The first-order chi connectivity index (χ1) is 8.29. The highest BCUT2D eigenvalue weighted by molar-refractivity contribution is 6.04. The number of aldehydes is 1. The molecule has 0 aromatic heterocycles. The Kier molecular flexibility index (Phi) is 2.29. The van der Waals surface area contributed by atoms with E-state index in [-0.39, 0.29) is 17.6 Å². The zero-order chi connectivity index (χ0) is 11.8. The molecular formula is C15H12O2. The molecule has 0 heterocycles. The van der Waals surface area contributed by atoms with Gasteiger partial charge in [-0.05, 0) is 23.3 Å². The van der Waals surface area contributed by atoms with Crippen molar-refractivity contribution < 1.29 is 9.59 Å². The van der Waals surface area contributed by atoms with Gasteiger partial charge in [-0.15, -0.1) is 0 Å². The Labute approximate surface area is 99.3 Å². The van der Waals surface area contributed by atoms with Gasteiger partial charge in [0.1, 0.15) is 6.29 Å². The van der Waals surface area contributed by atoms with Gasteiger partial charge in [0.2, 0.25) is 0 Å². The molecule has 0 N–H and O–H groups in total. The van der Waals surface area contributed by atoms with E-state index < -0.39 is 0 Å². The minimum Gasteiger partial charge on any atom is -0.303 e. The number of fused-ring (bicyclic) bond motifs is 1. The molecule has 1 aliphatic carbocycles. The normalized spacial score (nSPS) is 22.4. The molecule has 1 aliphatic rings. The number of carbonyl (C=O) groups excluding carboxylic acids is 2. The summed E-state index contributed by atoms with van der Waals surface area (Å²) >= 11 is 0. The summed E-state index contributed by atoms with van der Waals surface area (Å²) in [7, 11) is 0. The van der Waals surface area contributed by atoms with Gasteiger partial charge in [0.05, 0.1) is 0 Å². The minimum atomic E-state index is -0.0753. The molecule has 1 saturated carbocycles. The van der Waals surface area contributed by atoms with E-state index in [1.807, 2.05) is 42.5 Å². The quantitative estimate of drug-likeness (QED) is 0.593. The molecule has 2 aromatic carbocycles. The fraction of sp³-hybridized carbons (Fsp3) is 0.200. The molecule has 0 unspecified atom stereocenters. The van der Waals surface area contributed by atoms with Gasteiger partial charge in [-0.3, -0.25) is 4.79 Å². The van der Waals surface area contributed by atoms with Crippen molar-refractivity contribution in [3.8, 4) is 0 Å². The van der Waals surface area contributed by atoms with Crippen LogP contribution in [0.4, 0.5) is 0 Å². The van der Waals surface area contributed by atoms with Gasteiger partial charge in [0.15, 0.2) is 5.78 Å². The Morgan fingerprint density at radius 3 is 2.59 bits per heavy atom. The van der Waals surface area contributed by atoms with Crippen LogP contribution < -0.4 is 0 Å². The highest BCUT2D eigenvalue weighted by Gasteiger charge is 2.42.